The molecule has 0 unspecified atom stereocenters. The Balaban J connectivity index is 1.70. The molecule has 160 valence electrons. The summed E-state index contributed by atoms with van der Waals surface area (Å²) in [5.74, 6) is 0.374. The first-order chi connectivity index (χ1) is 15.0. The van der Waals surface area contributed by atoms with E-state index in [1.807, 2.05) is 38.1 Å². The van der Waals surface area contributed by atoms with Gasteiger partial charge in [0.25, 0.3) is 5.91 Å². The summed E-state index contributed by atoms with van der Waals surface area (Å²) in [6.45, 7) is 4.96. The van der Waals surface area contributed by atoms with Crippen molar-refractivity contribution in [2.45, 2.75) is 26.4 Å². The van der Waals surface area contributed by atoms with E-state index in [1.54, 1.807) is 18.4 Å². The molecule has 0 fully saturated rings. The number of nitrogens with one attached hydrogen (secondary N) is 1. The molecular weight excluding hydrogens is 396 g/mol. The maximum Gasteiger partial charge on any atom is 0.257 e. The van der Waals surface area contributed by atoms with Crippen LogP contribution in [0.15, 0.2) is 52.2 Å². The average Bonchev–Trinajstić information content (AvgIpc) is 3.35. The fourth-order valence-electron chi connectivity index (χ4n) is 3.15. The molecule has 3 N–H and O–H groups in total. The molecule has 0 saturated carbocycles. The fourth-order valence-corrected chi connectivity index (χ4v) is 3.15. The molecule has 0 radical (unpaired) electrons. The molecule has 3 heterocycles. The summed E-state index contributed by atoms with van der Waals surface area (Å²) in [7, 11) is 0. The highest BCUT2D eigenvalue weighted by Crippen LogP contribution is 2.27. The highest BCUT2D eigenvalue weighted by molar-refractivity contribution is 6.10. The molecule has 0 bridgehead atoms. The number of fused-ring (bicyclic) bond motifs is 2. The van der Waals surface area contributed by atoms with Crippen molar-refractivity contribution in [1.29, 1.82) is 0 Å². The van der Waals surface area contributed by atoms with Crippen LogP contribution in [0.5, 0.6) is 0 Å². The number of benzene rings is 1. The molecule has 0 spiro atoms. The number of aromatic nitrogens is 3. The van der Waals surface area contributed by atoms with Gasteiger partial charge in [-0.05, 0) is 44.5 Å². The van der Waals surface area contributed by atoms with Crippen molar-refractivity contribution in [3.63, 3.8) is 0 Å². The quantitative estimate of drug-likeness (QED) is 0.334. The zero-order valence-electron chi connectivity index (χ0n) is 17.4. The lowest BCUT2D eigenvalue weighted by Crippen LogP contribution is -2.26. The van der Waals surface area contributed by atoms with Gasteiger partial charge in [-0.25, -0.2) is 9.97 Å². The number of hydrogen-bond donors (Lipinski definition) is 2. The number of hydrogen-bond acceptors (Lipinski definition) is 7. The fraction of sp³-hybridized carbons (Fsp3) is 0.273. The largest absolute Gasteiger partial charge is 0.463 e. The molecule has 0 saturated heterocycles. The van der Waals surface area contributed by atoms with Gasteiger partial charge in [-0.2, -0.15) is 9.78 Å². The van der Waals surface area contributed by atoms with Crippen molar-refractivity contribution in [2.75, 3.05) is 18.9 Å². The third kappa shape index (κ3) is 4.41. The van der Waals surface area contributed by atoms with Crippen molar-refractivity contribution in [1.82, 2.24) is 20.0 Å². The molecule has 0 aliphatic carbocycles. The Kier molecular flexibility index (Phi) is 5.94. The van der Waals surface area contributed by atoms with Crippen LogP contribution in [0.2, 0.25) is 0 Å². The molecule has 4 rings (SSSR count). The number of nitrogens with zero attached hydrogens (tertiary/aromatic N) is 4. The summed E-state index contributed by atoms with van der Waals surface area (Å²) in [6.07, 6.45) is 3.90. The maximum atomic E-state index is 13.0. The first-order valence-corrected chi connectivity index (χ1v) is 10.1. The molecule has 9 nitrogen and oxygen atoms in total. The van der Waals surface area contributed by atoms with Crippen molar-refractivity contribution >= 4 is 40.1 Å². The smallest absolute Gasteiger partial charge is 0.257 e. The highest BCUT2D eigenvalue weighted by Gasteiger charge is 2.23. The van der Waals surface area contributed by atoms with E-state index < -0.39 is 0 Å². The minimum Gasteiger partial charge on any atom is -0.463 e. The van der Waals surface area contributed by atoms with Crippen LogP contribution in [0.3, 0.4) is 0 Å². The lowest BCUT2D eigenvalue weighted by Gasteiger charge is -2.08. The van der Waals surface area contributed by atoms with E-state index in [0.29, 0.717) is 47.5 Å². The standard InChI is InChI=1S/C22H24N6O3/c1-14(2)30-12-6-10-24-22(29)18-19-21(27-17-9-4-3-8-16(17)26-19)28(20(18)23)25-13-15-7-5-11-31-15/h3-5,7-9,11,13-14H,6,10,12,23H2,1-2H3,(H,24,29)/b25-13-. The van der Waals surface area contributed by atoms with E-state index in [0.717, 1.165) is 0 Å². The summed E-state index contributed by atoms with van der Waals surface area (Å²) in [5.41, 5.74) is 8.72. The van der Waals surface area contributed by atoms with E-state index >= 15 is 0 Å². The zero-order chi connectivity index (χ0) is 21.8. The van der Waals surface area contributed by atoms with Crippen molar-refractivity contribution in [2.24, 2.45) is 5.10 Å². The molecule has 31 heavy (non-hydrogen) atoms. The summed E-state index contributed by atoms with van der Waals surface area (Å²) < 4.78 is 12.2. The Bertz CT molecular complexity index is 1230. The van der Waals surface area contributed by atoms with Gasteiger partial charge in [-0.15, -0.1) is 0 Å². The number of rotatable bonds is 8. The van der Waals surface area contributed by atoms with E-state index in [1.165, 1.54) is 10.9 Å². The van der Waals surface area contributed by atoms with Crippen LogP contribution in [0.1, 0.15) is 36.4 Å². The van der Waals surface area contributed by atoms with Crippen LogP contribution >= 0.6 is 0 Å². The van der Waals surface area contributed by atoms with Crippen LogP contribution in [-0.2, 0) is 4.74 Å². The maximum absolute atomic E-state index is 13.0. The Hall–Kier alpha value is -3.72. The summed E-state index contributed by atoms with van der Waals surface area (Å²) in [6, 6.07) is 10.9. The van der Waals surface area contributed by atoms with Gasteiger partial charge in [-0.1, -0.05) is 12.1 Å². The minimum atomic E-state index is -0.330. The Morgan fingerprint density at radius 3 is 2.74 bits per heavy atom. The number of nitrogen functional groups attached to an aromatic ring is 1. The van der Waals surface area contributed by atoms with Crippen LogP contribution in [0.4, 0.5) is 5.82 Å². The Morgan fingerprint density at radius 2 is 2.03 bits per heavy atom. The number of carbonyl (C=O) groups is 1. The molecule has 1 aromatic carbocycles. The van der Waals surface area contributed by atoms with Gasteiger partial charge in [0.2, 0.25) is 0 Å². The number of para-hydroxylation sites is 2. The Labute approximate surface area is 178 Å². The first kappa shape index (κ1) is 20.5. The van der Waals surface area contributed by atoms with Gasteiger partial charge in [0.05, 0.1) is 29.6 Å². The second-order valence-corrected chi connectivity index (χ2v) is 7.25. The number of carbonyl (C=O) groups excluding carboxylic acids is 1. The van der Waals surface area contributed by atoms with E-state index in [9.17, 15) is 4.79 Å². The van der Waals surface area contributed by atoms with Gasteiger partial charge in [-0.3, -0.25) is 4.79 Å². The van der Waals surface area contributed by atoms with Crippen LogP contribution < -0.4 is 11.1 Å². The summed E-state index contributed by atoms with van der Waals surface area (Å²) in [4.78, 5) is 22.3. The van der Waals surface area contributed by atoms with Gasteiger partial charge in [0.15, 0.2) is 5.65 Å². The third-order valence-corrected chi connectivity index (χ3v) is 4.60. The number of nitrogens with two attached hydrogens (primary N) is 1. The number of anilines is 1. The topological polar surface area (TPSA) is 121 Å². The van der Waals surface area contributed by atoms with Crippen LogP contribution in [0.25, 0.3) is 22.2 Å². The number of furan rings is 1. The first-order valence-electron chi connectivity index (χ1n) is 10.1. The van der Waals surface area contributed by atoms with Crippen molar-refractivity contribution in [3.8, 4) is 0 Å². The van der Waals surface area contributed by atoms with Crippen LogP contribution in [0, 0.1) is 0 Å². The minimum absolute atomic E-state index is 0.153. The molecule has 0 atom stereocenters. The molecule has 0 aliphatic heterocycles. The summed E-state index contributed by atoms with van der Waals surface area (Å²) in [5, 5.41) is 7.27. The van der Waals surface area contributed by atoms with Gasteiger partial charge < -0.3 is 20.2 Å². The van der Waals surface area contributed by atoms with Gasteiger partial charge in [0, 0.05) is 13.2 Å². The van der Waals surface area contributed by atoms with Gasteiger partial charge in [0.1, 0.15) is 22.7 Å². The SMILES string of the molecule is CC(C)OCCCNC(=O)c1c(N)n(/N=C\c2ccco2)c2nc3ccccc3nc12. The molecule has 3 aromatic heterocycles. The predicted octanol–water partition coefficient (Wildman–Crippen LogP) is 3.19. The average molecular weight is 420 g/mol. The third-order valence-electron chi connectivity index (χ3n) is 4.60. The van der Waals surface area contributed by atoms with E-state index in [-0.39, 0.29) is 23.4 Å². The van der Waals surface area contributed by atoms with E-state index in [2.05, 4.69) is 20.4 Å². The number of ether oxygens (including phenoxy) is 1. The van der Waals surface area contributed by atoms with Crippen molar-refractivity contribution < 1.29 is 13.9 Å². The Morgan fingerprint density at radius 1 is 1.26 bits per heavy atom. The van der Waals surface area contributed by atoms with E-state index in [4.69, 9.17) is 14.9 Å². The number of amides is 1. The summed E-state index contributed by atoms with van der Waals surface area (Å²) >= 11 is 0. The monoisotopic (exact) mass is 420 g/mol. The van der Waals surface area contributed by atoms with Gasteiger partial charge >= 0.3 is 0 Å². The predicted molar refractivity (Wildman–Crippen MR) is 119 cm³/mol. The highest BCUT2D eigenvalue weighted by atomic mass is 16.5. The lowest BCUT2D eigenvalue weighted by molar-refractivity contribution is 0.0757. The molecule has 9 heteroatoms. The molecular formula is C22H24N6O3. The second kappa shape index (κ2) is 8.97. The zero-order valence-corrected chi connectivity index (χ0v) is 17.4. The lowest BCUT2D eigenvalue weighted by atomic mass is 10.2. The molecule has 0 aliphatic rings. The second-order valence-electron chi connectivity index (χ2n) is 7.25. The van der Waals surface area contributed by atoms with Crippen LogP contribution in [-0.4, -0.2) is 46.0 Å². The molecule has 1 amide bonds. The molecule has 4 aromatic rings. The van der Waals surface area contributed by atoms with Crippen molar-refractivity contribution in [3.05, 3.63) is 54.0 Å². The normalized spacial score (nSPS) is 11.8.